The van der Waals surface area contributed by atoms with Gasteiger partial charge < -0.3 is 10.3 Å². The Balaban J connectivity index is 3.69. The summed E-state index contributed by atoms with van der Waals surface area (Å²) in [4.78, 5) is 9.87. The highest BCUT2D eigenvalue weighted by atomic mass is 16.5. The van der Waals surface area contributed by atoms with Crippen molar-refractivity contribution in [3.05, 3.63) is 12.7 Å². The van der Waals surface area contributed by atoms with Crippen LogP contribution in [0.3, 0.4) is 0 Å². The second kappa shape index (κ2) is 3.17. The first-order valence-electron chi connectivity index (χ1n) is 1.97. The zero-order valence-corrected chi connectivity index (χ0v) is 4.16. The van der Waals surface area contributed by atoms with Crippen molar-refractivity contribution in [2.24, 2.45) is 0 Å². The normalized spacial score (nSPS) is 12.6. The van der Waals surface area contributed by atoms with Crippen molar-refractivity contribution in [1.29, 1.82) is 0 Å². The largest absolute Gasteiger partial charge is 0.480 e. The fourth-order valence-corrected chi connectivity index (χ4v) is 0.209. The summed E-state index contributed by atoms with van der Waals surface area (Å²) in [6.07, 6.45) is 1.09. The first kappa shape index (κ1) is 7.13. The van der Waals surface area contributed by atoms with E-state index in [1.807, 2.05) is 0 Å². The third-order valence-electron chi connectivity index (χ3n) is 0.641. The second-order valence-electron chi connectivity index (χ2n) is 1.18. The Bertz CT molecular complexity index is 101. The number of hydroxylamine groups is 1. The van der Waals surface area contributed by atoms with Crippen LogP contribution in [0.4, 0.5) is 0 Å². The molecule has 0 fully saturated rings. The lowest BCUT2D eigenvalue weighted by atomic mass is 10.3. The maximum Gasteiger partial charge on any atom is 0.326 e. The van der Waals surface area contributed by atoms with Crippen molar-refractivity contribution < 1.29 is 15.1 Å². The average molecular weight is 117 g/mol. The number of carboxylic acid groups (broad SMARTS) is 1. The Labute approximate surface area is 46.4 Å². The van der Waals surface area contributed by atoms with E-state index in [4.69, 9.17) is 10.3 Å². The van der Waals surface area contributed by atoms with Gasteiger partial charge in [-0.25, -0.2) is 0 Å². The Hall–Kier alpha value is -0.870. The summed E-state index contributed by atoms with van der Waals surface area (Å²) in [5.41, 5.74) is 1.53. The van der Waals surface area contributed by atoms with E-state index in [9.17, 15) is 4.79 Å². The summed E-state index contributed by atoms with van der Waals surface area (Å²) >= 11 is 0. The number of nitrogens with one attached hydrogen (secondary N) is 1. The van der Waals surface area contributed by atoms with Gasteiger partial charge in [0.05, 0.1) is 0 Å². The molecular formula is C4H7NO3. The van der Waals surface area contributed by atoms with Crippen LogP contribution in [0.5, 0.6) is 0 Å². The van der Waals surface area contributed by atoms with Gasteiger partial charge >= 0.3 is 5.97 Å². The van der Waals surface area contributed by atoms with Crippen LogP contribution in [0.1, 0.15) is 0 Å². The molecule has 0 aliphatic carbocycles. The predicted octanol–water partition coefficient (Wildman–Crippen LogP) is -0.396. The van der Waals surface area contributed by atoms with E-state index in [-0.39, 0.29) is 0 Å². The maximum absolute atomic E-state index is 9.87. The molecule has 0 saturated carbocycles. The summed E-state index contributed by atoms with van der Waals surface area (Å²) in [7, 11) is 0. The molecule has 4 nitrogen and oxygen atoms in total. The summed E-state index contributed by atoms with van der Waals surface area (Å²) in [6, 6.07) is -1.06. The monoisotopic (exact) mass is 117 g/mol. The highest BCUT2D eigenvalue weighted by molar-refractivity contribution is 5.75. The number of rotatable bonds is 3. The molecule has 0 spiro atoms. The Morgan fingerprint density at radius 2 is 2.38 bits per heavy atom. The molecule has 0 aliphatic rings. The van der Waals surface area contributed by atoms with Crippen LogP contribution in [0.2, 0.25) is 0 Å². The van der Waals surface area contributed by atoms with Crippen molar-refractivity contribution in [2.45, 2.75) is 6.04 Å². The Morgan fingerprint density at radius 1 is 1.88 bits per heavy atom. The van der Waals surface area contributed by atoms with Crippen molar-refractivity contribution in [2.75, 3.05) is 0 Å². The molecule has 0 saturated heterocycles. The molecule has 0 aromatic rings. The van der Waals surface area contributed by atoms with Gasteiger partial charge in [-0.15, -0.1) is 6.58 Å². The van der Waals surface area contributed by atoms with E-state index in [1.54, 1.807) is 0 Å². The molecule has 3 N–H and O–H groups in total. The van der Waals surface area contributed by atoms with E-state index < -0.39 is 12.0 Å². The third kappa shape index (κ3) is 1.72. The van der Waals surface area contributed by atoms with Crippen LogP contribution >= 0.6 is 0 Å². The van der Waals surface area contributed by atoms with Gasteiger partial charge in [-0.3, -0.25) is 4.79 Å². The molecule has 0 aromatic heterocycles. The number of hydrogen-bond acceptors (Lipinski definition) is 3. The van der Waals surface area contributed by atoms with Crippen molar-refractivity contribution in [3.8, 4) is 0 Å². The van der Waals surface area contributed by atoms with Gasteiger partial charge in [0.15, 0.2) is 0 Å². The van der Waals surface area contributed by atoms with Gasteiger partial charge in [0.1, 0.15) is 6.04 Å². The molecule has 0 radical (unpaired) electrons. The fraction of sp³-hybridized carbons (Fsp3) is 0.250. The number of hydrogen-bond donors (Lipinski definition) is 3. The van der Waals surface area contributed by atoms with Gasteiger partial charge in [0.25, 0.3) is 0 Å². The van der Waals surface area contributed by atoms with Crippen molar-refractivity contribution in [3.63, 3.8) is 0 Å². The minimum atomic E-state index is -1.15. The lowest BCUT2D eigenvalue weighted by Crippen LogP contribution is -2.31. The highest BCUT2D eigenvalue weighted by Crippen LogP contribution is 1.80. The zero-order valence-electron chi connectivity index (χ0n) is 4.16. The third-order valence-corrected chi connectivity index (χ3v) is 0.641. The van der Waals surface area contributed by atoms with Crippen LogP contribution in [-0.4, -0.2) is 22.3 Å². The topological polar surface area (TPSA) is 69.6 Å². The summed E-state index contributed by atoms with van der Waals surface area (Å²) in [6.45, 7) is 3.15. The van der Waals surface area contributed by atoms with Crippen molar-refractivity contribution >= 4 is 5.97 Å². The molecule has 8 heavy (non-hydrogen) atoms. The standard InChI is InChI=1S/C4H7NO3/c1-2-3(5-8)4(6)7/h2-3,5,8H,1H2,(H,6,7). The molecule has 0 aromatic carbocycles. The van der Waals surface area contributed by atoms with E-state index >= 15 is 0 Å². The van der Waals surface area contributed by atoms with E-state index in [0.717, 1.165) is 6.08 Å². The number of aliphatic carboxylic acids is 1. The molecule has 1 atom stereocenters. The van der Waals surface area contributed by atoms with Gasteiger partial charge in [0.2, 0.25) is 0 Å². The van der Waals surface area contributed by atoms with Gasteiger partial charge in [-0.05, 0) is 0 Å². The zero-order chi connectivity index (χ0) is 6.57. The SMILES string of the molecule is C=CC(NO)C(=O)O. The number of carbonyl (C=O) groups is 1. The molecule has 0 amide bonds. The Kier molecular flexibility index (Phi) is 2.83. The second-order valence-corrected chi connectivity index (χ2v) is 1.18. The van der Waals surface area contributed by atoms with Crippen LogP contribution < -0.4 is 5.48 Å². The lowest BCUT2D eigenvalue weighted by Gasteiger charge is -2.00. The minimum Gasteiger partial charge on any atom is -0.480 e. The van der Waals surface area contributed by atoms with Crippen molar-refractivity contribution in [1.82, 2.24) is 5.48 Å². The fourth-order valence-electron chi connectivity index (χ4n) is 0.209. The summed E-state index contributed by atoms with van der Waals surface area (Å²) in [5, 5.41) is 16.1. The van der Waals surface area contributed by atoms with E-state index in [2.05, 4.69) is 6.58 Å². The molecule has 1 unspecified atom stereocenters. The number of carboxylic acids is 1. The van der Waals surface area contributed by atoms with Gasteiger partial charge in [0, 0.05) is 0 Å². The van der Waals surface area contributed by atoms with E-state index in [0.29, 0.717) is 0 Å². The van der Waals surface area contributed by atoms with E-state index in [1.165, 1.54) is 5.48 Å². The maximum atomic E-state index is 9.87. The minimum absolute atomic E-state index is 1.06. The lowest BCUT2D eigenvalue weighted by molar-refractivity contribution is -0.140. The first-order valence-corrected chi connectivity index (χ1v) is 1.97. The quantitative estimate of drug-likeness (QED) is 0.347. The Morgan fingerprint density at radius 3 is 2.38 bits per heavy atom. The first-order chi connectivity index (χ1) is 3.72. The summed E-state index contributed by atoms with van der Waals surface area (Å²) in [5.74, 6) is -1.15. The smallest absolute Gasteiger partial charge is 0.326 e. The molecule has 0 bridgehead atoms. The van der Waals surface area contributed by atoms with Crippen LogP contribution in [0, 0.1) is 0 Å². The molecule has 4 heteroatoms. The predicted molar refractivity (Wildman–Crippen MR) is 26.5 cm³/mol. The molecule has 0 aliphatic heterocycles. The molecule has 0 rings (SSSR count). The van der Waals surface area contributed by atoms with Gasteiger partial charge in [-0.2, -0.15) is 5.48 Å². The van der Waals surface area contributed by atoms with Crippen LogP contribution in [0.15, 0.2) is 12.7 Å². The van der Waals surface area contributed by atoms with Crippen LogP contribution in [0.25, 0.3) is 0 Å². The van der Waals surface area contributed by atoms with Gasteiger partial charge in [-0.1, -0.05) is 6.08 Å². The molecule has 46 valence electrons. The molecular weight excluding hydrogens is 110 g/mol. The van der Waals surface area contributed by atoms with Crippen LogP contribution in [-0.2, 0) is 4.79 Å². The molecule has 0 heterocycles. The average Bonchev–Trinajstić information content (AvgIpc) is 1.69. The summed E-state index contributed by atoms with van der Waals surface area (Å²) < 4.78 is 0. The highest BCUT2D eigenvalue weighted by Gasteiger charge is 2.08.